The molecule has 106 valence electrons. The van der Waals surface area contributed by atoms with Crippen molar-refractivity contribution in [3.05, 3.63) is 0 Å². The van der Waals surface area contributed by atoms with E-state index in [0.717, 1.165) is 18.9 Å². The second-order valence-corrected chi connectivity index (χ2v) is 6.11. The number of hydrogen-bond donors (Lipinski definition) is 1. The first-order valence-electron chi connectivity index (χ1n) is 7.81. The first-order valence-corrected chi connectivity index (χ1v) is 7.81. The quantitative estimate of drug-likeness (QED) is 0.814. The van der Waals surface area contributed by atoms with Crippen LogP contribution in [0.25, 0.3) is 0 Å². The van der Waals surface area contributed by atoms with E-state index in [0.29, 0.717) is 12.1 Å². The Bertz CT molecular complexity index is 227. The zero-order chi connectivity index (χ0) is 12.8. The molecule has 2 aliphatic rings. The van der Waals surface area contributed by atoms with Gasteiger partial charge in [-0.15, -0.1) is 0 Å². The first kappa shape index (κ1) is 14.3. The van der Waals surface area contributed by atoms with E-state index in [2.05, 4.69) is 24.2 Å². The molecule has 2 aliphatic heterocycles. The molecular weight excluding hydrogens is 224 g/mol. The molecule has 2 fully saturated rings. The third-order valence-electron chi connectivity index (χ3n) is 4.65. The third kappa shape index (κ3) is 4.52. The Balaban J connectivity index is 1.57. The van der Waals surface area contributed by atoms with Gasteiger partial charge < -0.3 is 15.0 Å². The van der Waals surface area contributed by atoms with Crippen LogP contribution in [-0.2, 0) is 4.74 Å². The molecule has 0 saturated carbocycles. The predicted molar refractivity (Wildman–Crippen MR) is 75.9 cm³/mol. The summed E-state index contributed by atoms with van der Waals surface area (Å²) in [5.74, 6) is 0.954. The van der Waals surface area contributed by atoms with Crippen LogP contribution >= 0.6 is 0 Å². The smallest absolute Gasteiger partial charge is 0.0587 e. The minimum atomic E-state index is 0.500. The Labute approximate surface area is 112 Å². The zero-order valence-corrected chi connectivity index (χ0v) is 12.2. The molecule has 2 unspecified atom stereocenters. The molecule has 0 radical (unpaired) electrons. The highest BCUT2D eigenvalue weighted by Crippen LogP contribution is 2.20. The van der Waals surface area contributed by atoms with Gasteiger partial charge >= 0.3 is 0 Å². The fourth-order valence-electron chi connectivity index (χ4n) is 3.19. The monoisotopic (exact) mass is 254 g/mol. The van der Waals surface area contributed by atoms with Crippen LogP contribution < -0.4 is 5.32 Å². The van der Waals surface area contributed by atoms with E-state index in [-0.39, 0.29) is 0 Å². The van der Waals surface area contributed by atoms with Crippen molar-refractivity contribution in [3.63, 3.8) is 0 Å². The molecule has 0 aromatic carbocycles. The van der Waals surface area contributed by atoms with Crippen molar-refractivity contribution in [2.75, 3.05) is 33.3 Å². The van der Waals surface area contributed by atoms with Crippen molar-refractivity contribution in [1.29, 1.82) is 0 Å². The first-order chi connectivity index (χ1) is 8.78. The van der Waals surface area contributed by atoms with Gasteiger partial charge in [0.05, 0.1) is 6.10 Å². The van der Waals surface area contributed by atoms with E-state index in [1.165, 1.54) is 51.7 Å². The van der Waals surface area contributed by atoms with Gasteiger partial charge in [0.2, 0.25) is 0 Å². The van der Waals surface area contributed by atoms with Gasteiger partial charge in [0, 0.05) is 12.6 Å². The molecular formula is C15H30N2O. The van der Waals surface area contributed by atoms with Crippen LogP contribution in [0.3, 0.4) is 0 Å². The van der Waals surface area contributed by atoms with Gasteiger partial charge in [-0.3, -0.25) is 0 Å². The van der Waals surface area contributed by atoms with Crippen LogP contribution in [0, 0.1) is 5.92 Å². The molecule has 0 aliphatic carbocycles. The van der Waals surface area contributed by atoms with Gasteiger partial charge in [0.1, 0.15) is 0 Å². The van der Waals surface area contributed by atoms with Crippen LogP contribution in [0.5, 0.6) is 0 Å². The van der Waals surface area contributed by atoms with Crippen molar-refractivity contribution >= 4 is 0 Å². The molecule has 0 amide bonds. The van der Waals surface area contributed by atoms with E-state index in [1.54, 1.807) is 0 Å². The van der Waals surface area contributed by atoms with Crippen molar-refractivity contribution in [1.82, 2.24) is 10.2 Å². The van der Waals surface area contributed by atoms with Gasteiger partial charge in [-0.05, 0) is 71.1 Å². The summed E-state index contributed by atoms with van der Waals surface area (Å²) in [6.45, 7) is 6.96. The van der Waals surface area contributed by atoms with Crippen LogP contribution in [-0.4, -0.2) is 50.3 Å². The highest BCUT2D eigenvalue weighted by Gasteiger charge is 2.21. The lowest BCUT2D eigenvalue weighted by Gasteiger charge is -2.31. The highest BCUT2D eigenvalue weighted by molar-refractivity contribution is 4.77. The van der Waals surface area contributed by atoms with Gasteiger partial charge in [0.25, 0.3) is 0 Å². The summed E-state index contributed by atoms with van der Waals surface area (Å²) in [7, 11) is 2.24. The normalized spacial score (nSPS) is 31.7. The summed E-state index contributed by atoms with van der Waals surface area (Å²) >= 11 is 0. The Morgan fingerprint density at radius 1 is 1.22 bits per heavy atom. The number of rotatable bonds is 5. The van der Waals surface area contributed by atoms with Gasteiger partial charge in [-0.25, -0.2) is 0 Å². The van der Waals surface area contributed by atoms with Gasteiger partial charge in [-0.2, -0.15) is 0 Å². The van der Waals surface area contributed by atoms with Crippen molar-refractivity contribution in [2.24, 2.45) is 5.92 Å². The number of nitrogens with zero attached hydrogens (tertiary/aromatic N) is 1. The number of likely N-dealkylation sites (tertiary alicyclic amines) is 1. The lowest BCUT2D eigenvalue weighted by molar-refractivity contribution is -0.000247. The molecule has 0 aromatic heterocycles. The average molecular weight is 254 g/mol. The minimum absolute atomic E-state index is 0.500. The van der Waals surface area contributed by atoms with Gasteiger partial charge in [-0.1, -0.05) is 6.92 Å². The maximum atomic E-state index is 5.72. The summed E-state index contributed by atoms with van der Waals surface area (Å²) < 4.78 is 5.72. The minimum Gasteiger partial charge on any atom is -0.378 e. The predicted octanol–water partition coefficient (Wildman–Crippen LogP) is 2.27. The molecule has 18 heavy (non-hydrogen) atoms. The molecule has 2 atom stereocenters. The largest absolute Gasteiger partial charge is 0.378 e. The number of nitrogens with one attached hydrogen (secondary N) is 1. The lowest BCUT2D eigenvalue weighted by Crippen LogP contribution is -2.40. The molecule has 0 aromatic rings. The fourth-order valence-corrected chi connectivity index (χ4v) is 3.19. The second-order valence-electron chi connectivity index (χ2n) is 6.11. The van der Waals surface area contributed by atoms with Crippen LogP contribution in [0.4, 0.5) is 0 Å². The Hall–Kier alpha value is -0.120. The van der Waals surface area contributed by atoms with Crippen molar-refractivity contribution in [2.45, 2.75) is 57.6 Å². The fraction of sp³-hybridized carbons (Fsp3) is 1.00. The third-order valence-corrected chi connectivity index (χ3v) is 4.65. The molecule has 1 N–H and O–H groups in total. The van der Waals surface area contributed by atoms with Crippen molar-refractivity contribution < 1.29 is 4.74 Å². The van der Waals surface area contributed by atoms with Crippen LogP contribution in [0.1, 0.15) is 45.4 Å². The Kier molecular flexibility index (Phi) is 5.93. The van der Waals surface area contributed by atoms with Crippen LogP contribution in [0.2, 0.25) is 0 Å². The molecule has 0 spiro atoms. The van der Waals surface area contributed by atoms with E-state index in [1.807, 2.05) is 0 Å². The zero-order valence-electron chi connectivity index (χ0n) is 12.2. The summed E-state index contributed by atoms with van der Waals surface area (Å²) in [4.78, 5) is 2.45. The summed E-state index contributed by atoms with van der Waals surface area (Å²) in [6, 6.07) is 0.704. The SMILES string of the molecule is CCC1CC(NCCC2CCN(C)CC2)CCO1. The highest BCUT2D eigenvalue weighted by atomic mass is 16.5. The Morgan fingerprint density at radius 3 is 2.72 bits per heavy atom. The second kappa shape index (κ2) is 7.46. The molecule has 0 bridgehead atoms. The lowest BCUT2D eigenvalue weighted by atomic mass is 9.93. The summed E-state index contributed by atoms with van der Waals surface area (Å²) in [5, 5.41) is 3.75. The van der Waals surface area contributed by atoms with Crippen molar-refractivity contribution in [3.8, 4) is 0 Å². The van der Waals surface area contributed by atoms with E-state index in [9.17, 15) is 0 Å². The number of piperidine rings is 1. The van der Waals surface area contributed by atoms with E-state index in [4.69, 9.17) is 4.74 Å². The summed E-state index contributed by atoms with van der Waals surface area (Å²) in [5.41, 5.74) is 0. The average Bonchev–Trinajstić information content (AvgIpc) is 2.41. The van der Waals surface area contributed by atoms with E-state index < -0.39 is 0 Å². The molecule has 2 saturated heterocycles. The topological polar surface area (TPSA) is 24.5 Å². The van der Waals surface area contributed by atoms with E-state index >= 15 is 0 Å². The molecule has 3 nitrogen and oxygen atoms in total. The maximum Gasteiger partial charge on any atom is 0.0587 e. The standard InChI is InChI=1S/C15H30N2O/c1-3-15-12-14(7-11-18-15)16-8-4-13-5-9-17(2)10-6-13/h13-16H,3-12H2,1-2H3. The molecule has 3 heteroatoms. The van der Waals surface area contributed by atoms with Crippen LogP contribution in [0.15, 0.2) is 0 Å². The number of ether oxygens (including phenoxy) is 1. The molecule has 2 rings (SSSR count). The maximum absolute atomic E-state index is 5.72. The summed E-state index contributed by atoms with van der Waals surface area (Å²) in [6.07, 6.45) is 8.22. The Morgan fingerprint density at radius 2 is 2.00 bits per heavy atom. The number of hydrogen-bond acceptors (Lipinski definition) is 3. The van der Waals surface area contributed by atoms with Gasteiger partial charge in [0.15, 0.2) is 0 Å². The molecule has 2 heterocycles.